The molecule has 1 N–H and O–H groups in total. The molecule has 0 unspecified atom stereocenters. The minimum atomic E-state index is -3.21. The molecule has 6 heteroatoms. The van der Waals surface area contributed by atoms with Crippen LogP contribution in [0.1, 0.15) is 22.3 Å². The van der Waals surface area contributed by atoms with E-state index in [2.05, 4.69) is 5.32 Å². The van der Waals surface area contributed by atoms with E-state index in [1.165, 1.54) is 4.31 Å². The number of rotatable bonds is 3. The van der Waals surface area contributed by atoms with Gasteiger partial charge < -0.3 is 5.32 Å². The number of carbonyl (C=O) groups is 1. The van der Waals surface area contributed by atoms with Gasteiger partial charge in [0.05, 0.1) is 11.4 Å². The molecule has 3 aromatic rings. The molecule has 0 aromatic heterocycles. The third-order valence-corrected chi connectivity index (χ3v) is 6.75. The molecular weight excluding hydrogens is 360 g/mol. The number of nitrogens with zero attached hydrogens (tertiary/aromatic N) is 1. The highest BCUT2D eigenvalue weighted by atomic mass is 32.2. The van der Waals surface area contributed by atoms with Crippen LogP contribution in [0.4, 0.5) is 11.4 Å². The second kappa shape index (κ2) is 6.70. The van der Waals surface area contributed by atoms with E-state index < -0.39 is 10.0 Å². The van der Waals surface area contributed by atoms with Crippen molar-refractivity contribution in [3.8, 4) is 0 Å². The fourth-order valence-electron chi connectivity index (χ4n) is 3.49. The Morgan fingerprint density at radius 1 is 1.04 bits per heavy atom. The van der Waals surface area contributed by atoms with Crippen LogP contribution in [0.5, 0.6) is 0 Å². The lowest BCUT2D eigenvalue weighted by molar-refractivity contribution is 0.102. The number of anilines is 2. The van der Waals surface area contributed by atoms with Crippen LogP contribution in [-0.2, 0) is 10.0 Å². The third-order valence-electron chi connectivity index (χ3n) is 4.88. The van der Waals surface area contributed by atoms with E-state index in [0.29, 0.717) is 29.9 Å². The molecule has 1 aliphatic heterocycles. The maximum Gasteiger partial charge on any atom is 0.256 e. The van der Waals surface area contributed by atoms with Crippen LogP contribution in [0.2, 0.25) is 0 Å². The van der Waals surface area contributed by atoms with Gasteiger partial charge in [-0.05, 0) is 53.9 Å². The quantitative estimate of drug-likeness (QED) is 0.748. The molecule has 4 rings (SSSR count). The number of fused-ring (bicyclic) bond motifs is 1. The lowest BCUT2D eigenvalue weighted by Gasteiger charge is -2.19. The molecule has 1 fully saturated rings. The molecule has 3 aromatic carbocycles. The first-order chi connectivity index (χ1) is 13.0. The Hall–Kier alpha value is -2.86. The molecular formula is C21H20N2O3S. The second-order valence-corrected chi connectivity index (χ2v) is 8.73. The van der Waals surface area contributed by atoms with Gasteiger partial charge in [0.25, 0.3) is 5.91 Å². The molecule has 0 bridgehead atoms. The van der Waals surface area contributed by atoms with E-state index in [1.807, 2.05) is 49.4 Å². The topological polar surface area (TPSA) is 66.5 Å². The van der Waals surface area contributed by atoms with Crippen LogP contribution in [0, 0.1) is 6.92 Å². The zero-order valence-corrected chi connectivity index (χ0v) is 15.8. The van der Waals surface area contributed by atoms with E-state index in [1.54, 1.807) is 18.2 Å². The zero-order valence-electron chi connectivity index (χ0n) is 15.0. The Labute approximate surface area is 158 Å². The molecule has 0 saturated carbocycles. The summed E-state index contributed by atoms with van der Waals surface area (Å²) < 4.78 is 25.6. The van der Waals surface area contributed by atoms with Gasteiger partial charge in [0.1, 0.15) is 0 Å². The maximum absolute atomic E-state index is 12.8. The number of aryl methyl sites for hydroxylation is 1. The van der Waals surface area contributed by atoms with E-state index >= 15 is 0 Å². The Bertz CT molecular complexity index is 1130. The summed E-state index contributed by atoms with van der Waals surface area (Å²) in [6, 6.07) is 18.7. The van der Waals surface area contributed by atoms with Gasteiger partial charge in [0, 0.05) is 17.8 Å². The van der Waals surface area contributed by atoms with Gasteiger partial charge in [0.15, 0.2) is 0 Å². The van der Waals surface area contributed by atoms with E-state index in [4.69, 9.17) is 0 Å². The second-order valence-electron chi connectivity index (χ2n) is 6.72. The van der Waals surface area contributed by atoms with E-state index in [-0.39, 0.29) is 11.7 Å². The van der Waals surface area contributed by atoms with Crippen LogP contribution >= 0.6 is 0 Å². The van der Waals surface area contributed by atoms with E-state index in [9.17, 15) is 13.2 Å². The van der Waals surface area contributed by atoms with Crippen molar-refractivity contribution in [2.75, 3.05) is 21.9 Å². The lowest BCUT2D eigenvalue weighted by atomic mass is 10.0. The van der Waals surface area contributed by atoms with Crippen LogP contribution in [0.15, 0.2) is 60.7 Å². The van der Waals surface area contributed by atoms with Gasteiger partial charge in [-0.25, -0.2) is 8.42 Å². The Morgan fingerprint density at radius 2 is 1.81 bits per heavy atom. The predicted octanol–water partition coefficient (Wildman–Crippen LogP) is 3.94. The summed E-state index contributed by atoms with van der Waals surface area (Å²) in [6.07, 6.45) is 0.640. The predicted molar refractivity (Wildman–Crippen MR) is 109 cm³/mol. The summed E-state index contributed by atoms with van der Waals surface area (Å²) in [5, 5.41) is 4.86. The van der Waals surface area contributed by atoms with Crippen LogP contribution in [0.25, 0.3) is 10.8 Å². The standard InChI is InChI=1S/C21H20N2O3S/c1-15-14-17(23-12-5-13-27(23,25)26)10-11-20(15)22-21(24)19-9-4-7-16-6-2-3-8-18(16)19/h2-4,6-11,14H,5,12-13H2,1H3,(H,22,24). The smallest absolute Gasteiger partial charge is 0.256 e. The van der Waals surface area contributed by atoms with Gasteiger partial charge in [-0.2, -0.15) is 0 Å². The lowest BCUT2D eigenvalue weighted by Crippen LogP contribution is -2.25. The summed E-state index contributed by atoms with van der Waals surface area (Å²) in [5.41, 5.74) is 2.75. The van der Waals surface area contributed by atoms with Crippen molar-refractivity contribution < 1.29 is 13.2 Å². The average Bonchev–Trinajstić information content (AvgIpc) is 3.02. The number of hydrogen-bond acceptors (Lipinski definition) is 3. The zero-order chi connectivity index (χ0) is 19.0. The molecule has 5 nitrogen and oxygen atoms in total. The Kier molecular flexibility index (Phi) is 4.36. The van der Waals surface area contributed by atoms with Gasteiger partial charge in [-0.15, -0.1) is 0 Å². The van der Waals surface area contributed by atoms with Gasteiger partial charge in [-0.3, -0.25) is 9.10 Å². The van der Waals surface area contributed by atoms with Crippen molar-refractivity contribution in [2.24, 2.45) is 0 Å². The van der Waals surface area contributed by atoms with Crippen LogP contribution < -0.4 is 9.62 Å². The first-order valence-electron chi connectivity index (χ1n) is 8.86. The fraction of sp³-hybridized carbons (Fsp3) is 0.190. The highest BCUT2D eigenvalue weighted by Crippen LogP contribution is 2.28. The van der Waals surface area contributed by atoms with Crippen molar-refractivity contribution >= 4 is 38.1 Å². The molecule has 0 aliphatic carbocycles. The number of benzene rings is 3. The fourth-order valence-corrected chi connectivity index (χ4v) is 5.04. The highest BCUT2D eigenvalue weighted by molar-refractivity contribution is 7.93. The summed E-state index contributed by atoms with van der Waals surface area (Å²) in [5.74, 6) is 0.00228. The number of carbonyl (C=O) groups excluding carboxylic acids is 1. The van der Waals surface area contributed by atoms with Gasteiger partial charge in [-0.1, -0.05) is 36.4 Å². The minimum Gasteiger partial charge on any atom is -0.322 e. The number of hydrogen-bond donors (Lipinski definition) is 1. The van der Waals surface area contributed by atoms with Crippen LogP contribution in [0.3, 0.4) is 0 Å². The number of amides is 1. The molecule has 27 heavy (non-hydrogen) atoms. The SMILES string of the molecule is Cc1cc(N2CCCS2(=O)=O)ccc1NC(=O)c1cccc2ccccc12. The molecule has 0 spiro atoms. The molecule has 1 saturated heterocycles. The molecule has 1 aliphatic rings. The average molecular weight is 380 g/mol. The summed E-state index contributed by atoms with van der Waals surface area (Å²) in [4.78, 5) is 12.8. The van der Waals surface area contributed by atoms with Gasteiger partial charge >= 0.3 is 0 Å². The summed E-state index contributed by atoms with van der Waals surface area (Å²) in [6.45, 7) is 2.37. The van der Waals surface area contributed by atoms with Crippen molar-refractivity contribution in [1.82, 2.24) is 0 Å². The molecule has 0 atom stereocenters. The summed E-state index contributed by atoms with van der Waals surface area (Å²) in [7, 11) is -3.21. The number of nitrogens with one attached hydrogen (secondary N) is 1. The van der Waals surface area contributed by atoms with Crippen molar-refractivity contribution in [3.63, 3.8) is 0 Å². The first-order valence-corrected chi connectivity index (χ1v) is 10.5. The van der Waals surface area contributed by atoms with Crippen molar-refractivity contribution in [3.05, 3.63) is 71.8 Å². The molecule has 138 valence electrons. The normalized spacial score (nSPS) is 15.8. The largest absolute Gasteiger partial charge is 0.322 e. The summed E-state index contributed by atoms with van der Waals surface area (Å²) >= 11 is 0. The van der Waals surface area contributed by atoms with Crippen molar-refractivity contribution in [1.29, 1.82) is 0 Å². The molecule has 1 amide bonds. The molecule has 1 heterocycles. The number of sulfonamides is 1. The van der Waals surface area contributed by atoms with Gasteiger partial charge in [0.2, 0.25) is 10.0 Å². The molecule has 0 radical (unpaired) electrons. The van der Waals surface area contributed by atoms with Crippen LogP contribution in [-0.4, -0.2) is 26.6 Å². The third kappa shape index (κ3) is 3.28. The van der Waals surface area contributed by atoms with Crippen molar-refractivity contribution in [2.45, 2.75) is 13.3 Å². The Balaban J connectivity index is 1.62. The maximum atomic E-state index is 12.8. The highest BCUT2D eigenvalue weighted by Gasteiger charge is 2.28. The monoisotopic (exact) mass is 380 g/mol. The minimum absolute atomic E-state index is 0.184. The van der Waals surface area contributed by atoms with E-state index in [0.717, 1.165) is 16.3 Å². The first kappa shape index (κ1) is 17.5. The Morgan fingerprint density at radius 3 is 2.56 bits per heavy atom.